The smallest absolute Gasteiger partial charge is 0.273 e. The summed E-state index contributed by atoms with van der Waals surface area (Å²) in [5.41, 5.74) is 6.17. The maximum Gasteiger partial charge on any atom is 0.273 e. The summed E-state index contributed by atoms with van der Waals surface area (Å²) in [5, 5.41) is 2.88. The third kappa shape index (κ3) is 2.74. The van der Waals surface area contributed by atoms with Gasteiger partial charge in [-0.2, -0.15) is 0 Å². The number of hydrogen-bond donors (Lipinski definition) is 1. The zero-order chi connectivity index (χ0) is 13.9. The normalized spacial score (nSPS) is 23.6. The molecule has 0 aromatic carbocycles. The second-order valence-electron chi connectivity index (χ2n) is 5.92. The fourth-order valence-corrected chi connectivity index (χ4v) is 4.46. The Kier molecular flexibility index (Phi) is 4.36. The van der Waals surface area contributed by atoms with E-state index in [1.807, 2.05) is 5.38 Å². The molecule has 110 valence electrons. The molecule has 1 saturated heterocycles. The van der Waals surface area contributed by atoms with Gasteiger partial charge in [0.25, 0.3) is 5.91 Å². The lowest BCUT2D eigenvalue weighted by Crippen LogP contribution is -2.39. The summed E-state index contributed by atoms with van der Waals surface area (Å²) in [6.07, 6.45) is 8.35. The van der Waals surface area contributed by atoms with Crippen LogP contribution >= 0.6 is 11.3 Å². The topological polar surface area (TPSA) is 59.2 Å². The third-order valence-electron chi connectivity index (χ3n) is 4.63. The van der Waals surface area contributed by atoms with E-state index in [0.29, 0.717) is 18.3 Å². The molecular formula is C15H23N3OS. The third-order valence-corrected chi connectivity index (χ3v) is 5.54. The van der Waals surface area contributed by atoms with Gasteiger partial charge in [0.2, 0.25) is 0 Å². The molecule has 4 nitrogen and oxygen atoms in total. The maximum absolute atomic E-state index is 12.7. The van der Waals surface area contributed by atoms with Crippen LogP contribution < -0.4 is 5.73 Å². The van der Waals surface area contributed by atoms with Crippen LogP contribution in [0.2, 0.25) is 0 Å². The van der Waals surface area contributed by atoms with Gasteiger partial charge in [-0.1, -0.05) is 12.8 Å². The van der Waals surface area contributed by atoms with Crippen molar-refractivity contribution in [3.05, 3.63) is 16.1 Å². The van der Waals surface area contributed by atoms with Gasteiger partial charge in [0.05, 0.1) is 5.01 Å². The highest BCUT2D eigenvalue weighted by atomic mass is 32.1. The second-order valence-corrected chi connectivity index (χ2v) is 6.86. The van der Waals surface area contributed by atoms with Gasteiger partial charge in [-0.25, -0.2) is 4.98 Å². The Labute approximate surface area is 124 Å². The van der Waals surface area contributed by atoms with E-state index >= 15 is 0 Å². The van der Waals surface area contributed by atoms with Gasteiger partial charge < -0.3 is 10.6 Å². The molecule has 3 rings (SSSR count). The first-order valence-electron chi connectivity index (χ1n) is 7.75. The van der Waals surface area contributed by atoms with E-state index in [4.69, 9.17) is 5.73 Å². The van der Waals surface area contributed by atoms with Crippen LogP contribution in [0.15, 0.2) is 5.38 Å². The largest absolute Gasteiger partial charge is 0.334 e. The van der Waals surface area contributed by atoms with Gasteiger partial charge in [0, 0.05) is 24.4 Å². The molecule has 1 atom stereocenters. The molecule has 1 unspecified atom stereocenters. The molecule has 1 aromatic heterocycles. The van der Waals surface area contributed by atoms with Crippen molar-refractivity contribution in [3.63, 3.8) is 0 Å². The zero-order valence-electron chi connectivity index (χ0n) is 11.9. The van der Waals surface area contributed by atoms with Crippen molar-refractivity contribution >= 4 is 17.2 Å². The maximum atomic E-state index is 12.7. The molecule has 2 heterocycles. The van der Waals surface area contributed by atoms with Crippen molar-refractivity contribution in [1.29, 1.82) is 0 Å². The van der Waals surface area contributed by atoms with Crippen molar-refractivity contribution in [2.45, 2.75) is 51.0 Å². The monoisotopic (exact) mass is 293 g/mol. The van der Waals surface area contributed by atoms with Gasteiger partial charge in [-0.15, -0.1) is 11.3 Å². The van der Waals surface area contributed by atoms with Gasteiger partial charge in [-0.3, -0.25) is 4.79 Å². The summed E-state index contributed by atoms with van der Waals surface area (Å²) in [6, 6.07) is 0.463. The van der Waals surface area contributed by atoms with E-state index < -0.39 is 0 Å². The Hall–Kier alpha value is -0.940. The van der Waals surface area contributed by atoms with E-state index in [9.17, 15) is 4.79 Å². The minimum atomic E-state index is 0.138. The molecule has 20 heavy (non-hydrogen) atoms. The lowest BCUT2D eigenvalue weighted by atomic mass is 9.96. The summed E-state index contributed by atoms with van der Waals surface area (Å²) >= 11 is 1.56. The number of aromatic nitrogens is 1. The number of likely N-dealkylation sites (tertiary alicyclic amines) is 1. The summed E-state index contributed by atoms with van der Waals surface area (Å²) in [6.45, 7) is 1.50. The van der Waals surface area contributed by atoms with Crippen LogP contribution in [0.1, 0.15) is 54.0 Å². The van der Waals surface area contributed by atoms with Crippen LogP contribution in [0.25, 0.3) is 0 Å². The number of thiazole rings is 1. The van der Waals surface area contributed by atoms with Crippen molar-refractivity contribution in [3.8, 4) is 0 Å². The Balaban J connectivity index is 1.71. The molecule has 5 heteroatoms. The van der Waals surface area contributed by atoms with Gasteiger partial charge in [-0.05, 0) is 38.1 Å². The van der Waals surface area contributed by atoms with Crippen molar-refractivity contribution in [1.82, 2.24) is 9.88 Å². The summed E-state index contributed by atoms with van der Waals surface area (Å²) in [5.74, 6) is 0.863. The number of rotatable bonds is 4. The number of nitrogens with two attached hydrogens (primary N) is 1. The Bertz CT molecular complexity index is 467. The van der Waals surface area contributed by atoms with E-state index in [2.05, 4.69) is 9.88 Å². The lowest BCUT2D eigenvalue weighted by molar-refractivity contribution is 0.0683. The molecule has 2 N–H and O–H groups in total. The molecule has 0 spiro atoms. The van der Waals surface area contributed by atoms with Crippen LogP contribution in [-0.4, -0.2) is 34.9 Å². The summed E-state index contributed by atoms with van der Waals surface area (Å²) in [4.78, 5) is 19.2. The van der Waals surface area contributed by atoms with E-state index in [1.54, 1.807) is 11.3 Å². The highest BCUT2D eigenvalue weighted by Gasteiger charge is 2.36. The summed E-state index contributed by atoms with van der Waals surface area (Å²) < 4.78 is 0. The van der Waals surface area contributed by atoms with Crippen LogP contribution in [0.3, 0.4) is 0 Å². The number of carbonyl (C=O) groups excluding carboxylic acids is 1. The summed E-state index contributed by atoms with van der Waals surface area (Å²) in [7, 11) is 0. The van der Waals surface area contributed by atoms with E-state index in [0.717, 1.165) is 30.3 Å². The van der Waals surface area contributed by atoms with E-state index in [1.165, 1.54) is 32.1 Å². The molecule has 1 aromatic rings. The average molecular weight is 293 g/mol. The van der Waals surface area contributed by atoms with Crippen LogP contribution in [0.4, 0.5) is 0 Å². The molecule has 1 amide bonds. The molecule has 1 aliphatic carbocycles. The van der Waals surface area contributed by atoms with Gasteiger partial charge in [0.15, 0.2) is 0 Å². The molecule has 2 aliphatic rings. The standard InChI is InChI=1S/C15H23N3OS/c16-8-7-14-17-12(10-20-14)15(19)18-9-3-6-13(18)11-4-1-2-5-11/h10-11,13H,1-9,16H2. The highest BCUT2D eigenvalue weighted by molar-refractivity contribution is 7.09. The number of nitrogens with zero attached hydrogens (tertiary/aromatic N) is 2. The number of carbonyl (C=O) groups is 1. The van der Waals surface area contributed by atoms with Crippen LogP contribution in [0.5, 0.6) is 0 Å². The molecular weight excluding hydrogens is 270 g/mol. The first kappa shape index (κ1) is 14.0. The zero-order valence-corrected chi connectivity index (χ0v) is 12.7. The number of amides is 1. The fourth-order valence-electron chi connectivity index (χ4n) is 3.67. The van der Waals surface area contributed by atoms with Crippen LogP contribution in [0, 0.1) is 5.92 Å². The van der Waals surface area contributed by atoms with Gasteiger partial charge >= 0.3 is 0 Å². The first-order chi connectivity index (χ1) is 9.79. The molecule has 1 aliphatic heterocycles. The van der Waals surface area contributed by atoms with Crippen molar-refractivity contribution in [2.24, 2.45) is 11.7 Å². The predicted molar refractivity (Wildman–Crippen MR) is 80.9 cm³/mol. The van der Waals surface area contributed by atoms with Crippen LogP contribution in [-0.2, 0) is 6.42 Å². The minimum absolute atomic E-state index is 0.138. The molecule has 2 fully saturated rings. The average Bonchev–Trinajstić information content (AvgIpc) is 3.19. The molecule has 0 bridgehead atoms. The van der Waals surface area contributed by atoms with E-state index in [-0.39, 0.29) is 5.91 Å². The molecule has 0 radical (unpaired) electrons. The highest BCUT2D eigenvalue weighted by Crippen LogP contribution is 2.36. The Morgan fingerprint density at radius 3 is 2.90 bits per heavy atom. The Morgan fingerprint density at radius 2 is 2.15 bits per heavy atom. The van der Waals surface area contributed by atoms with Gasteiger partial charge in [0.1, 0.15) is 5.69 Å². The molecule has 1 saturated carbocycles. The Morgan fingerprint density at radius 1 is 1.35 bits per heavy atom. The van der Waals surface area contributed by atoms with Crippen molar-refractivity contribution < 1.29 is 4.79 Å². The second kappa shape index (κ2) is 6.22. The minimum Gasteiger partial charge on any atom is -0.334 e. The quantitative estimate of drug-likeness (QED) is 0.927. The van der Waals surface area contributed by atoms with Crippen molar-refractivity contribution in [2.75, 3.05) is 13.1 Å². The SMILES string of the molecule is NCCc1nc(C(=O)N2CCCC2C2CCCC2)cs1. The lowest BCUT2D eigenvalue weighted by Gasteiger charge is -2.28. The predicted octanol–water partition coefficient (Wildman–Crippen LogP) is 2.44. The number of hydrogen-bond acceptors (Lipinski definition) is 4. The fraction of sp³-hybridized carbons (Fsp3) is 0.733. The first-order valence-corrected chi connectivity index (χ1v) is 8.63.